The Kier molecular flexibility index (Phi) is 5.05. The molecule has 0 spiro atoms. The summed E-state index contributed by atoms with van der Waals surface area (Å²) in [6.45, 7) is 2.73. The molecule has 150 valence electrons. The van der Waals surface area contributed by atoms with Crippen molar-refractivity contribution in [2.24, 2.45) is 5.92 Å². The van der Waals surface area contributed by atoms with Crippen LogP contribution in [0.25, 0.3) is 0 Å². The zero-order valence-corrected chi connectivity index (χ0v) is 16.2. The second-order valence-corrected chi connectivity index (χ2v) is 7.34. The molecule has 6 nitrogen and oxygen atoms in total. The van der Waals surface area contributed by atoms with Gasteiger partial charge in [-0.05, 0) is 42.3 Å². The number of halogens is 1. The summed E-state index contributed by atoms with van der Waals surface area (Å²) in [5.41, 5.74) is 2.75. The number of nitrogens with one attached hydrogen (secondary N) is 1. The van der Waals surface area contributed by atoms with Crippen LogP contribution in [0, 0.1) is 11.7 Å². The minimum absolute atomic E-state index is 0.0812. The van der Waals surface area contributed by atoms with E-state index in [9.17, 15) is 18.8 Å². The van der Waals surface area contributed by atoms with Gasteiger partial charge in [0.05, 0.1) is 11.6 Å². The van der Waals surface area contributed by atoms with Gasteiger partial charge in [-0.15, -0.1) is 0 Å². The van der Waals surface area contributed by atoms with Crippen LogP contribution < -0.4 is 15.1 Å². The van der Waals surface area contributed by atoms with E-state index in [2.05, 4.69) is 5.32 Å². The van der Waals surface area contributed by atoms with Crippen molar-refractivity contribution in [3.63, 3.8) is 0 Å². The molecular formula is C22H22FN3O3. The van der Waals surface area contributed by atoms with E-state index in [4.69, 9.17) is 0 Å². The Hall–Kier alpha value is -3.22. The van der Waals surface area contributed by atoms with Crippen molar-refractivity contribution in [2.75, 3.05) is 28.2 Å². The minimum Gasteiger partial charge on any atom is -0.323 e. The molecular weight excluding hydrogens is 373 g/mol. The van der Waals surface area contributed by atoms with E-state index in [1.807, 2.05) is 25.1 Å². The lowest BCUT2D eigenvalue weighted by atomic mass is 10.1. The van der Waals surface area contributed by atoms with Crippen LogP contribution in [0.2, 0.25) is 0 Å². The number of benzene rings is 2. The number of para-hydroxylation sites is 1. The number of carbonyl (C=O) groups excluding carboxylic acids is 3. The summed E-state index contributed by atoms with van der Waals surface area (Å²) in [5.74, 6) is -1.48. The molecule has 7 heteroatoms. The molecule has 3 amide bonds. The lowest BCUT2D eigenvalue weighted by Gasteiger charge is -2.20. The molecule has 0 aliphatic carbocycles. The summed E-state index contributed by atoms with van der Waals surface area (Å²) in [6.07, 6.45) is 1.27. The summed E-state index contributed by atoms with van der Waals surface area (Å²) < 4.78 is 13.8. The summed E-state index contributed by atoms with van der Waals surface area (Å²) >= 11 is 0. The van der Waals surface area contributed by atoms with Gasteiger partial charge in [0.15, 0.2) is 0 Å². The third-order valence-electron chi connectivity index (χ3n) is 5.50. The van der Waals surface area contributed by atoms with Crippen molar-refractivity contribution in [2.45, 2.75) is 26.2 Å². The highest BCUT2D eigenvalue weighted by molar-refractivity contribution is 6.04. The minimum atomic E-state index is -0.548. The van der Waals surface area contributed by atoms with E-state index in [0.29, 0.717) is 13.0 Å². The molecule has 2 aliphatic rings. The van der Waals surface area contributed by atoms with E-state index in [1.165, 1.54) is 12.1 Å². The average Bonchev–Trinajstić information content (AvgIpc) is 3.32. The molecule has 29 heavy (non-hydrogen) atoms. The van der Waals surface area contributed by atoms with Crippen molar-refractivity contribution in [3.05, 3.63) is 53.8 Å². The molecule has 2 aromatic rings. The average molecular weight is 395 g/mol. The summed E-state index contributed by atoms with van der Waals surface area (Å²) in [7, 11) is 0. The Balaban J connectivity index is 1.48. The maximum atomic E-state index is 13.8. The Labute approximate surface area is 168 Å². The van der Waals surface area contributed by atoms with E-state index in [1.54, 1.807) is 21.9 Å². The quantitative estimate of drug-likeness (QED) is 0.865. The van der Waals surface area contributed by atoms with Gasteiger partial charge < -0.3 is 15.1 Å². The smallest absolute Gasteiger partial charge is 0.229 e. The standard InChI is InChI=1S/C22H22FN3O3/c1-2-20(27)25-10-9-14-11-16(7-8-19(14)25)26-13-15(12-21(26)28)22(29)24-18-6-4-3-5-17(18)23/h3-8,11,15H,2,9-10,12-13H2,1H3,(H,24,29). The third-order valence-corrected chi connectivity index (χ3v) is 5.50. The molecule has 2 aliphatic heterocycles. The molecule has 0 saturated carbocycles. The van der Waals surface area contributed by atoms with E-state index in [0.717, 1.165) is 23.4 Å². The fourth-order valence-corrected chi connectivity index (χ4v) is 3.94. The number of rotatable bonds is 4. The Bertz CT molecular complexity index is 991. The largest absolute Gasteiger partial charge is 0.323 e. The van der Waals surface area contributed by atoms with Gasteiger partial charge in [-0.2, -0.15) is 0 Å². The van der Waals surface area contributed by atoms with E-state index in [-0.39, 0.29) is 36.4 Å². The highest BCUT2D eigenvalue weighted by Crippen LogP contribution is 2.34. The van der Waals surface area contributed by atoms with Crippen molar-refractivity contribution in [1.82, 2.24) is 0 Å². The van der Waals surface area contributed by atoms with Crippen LogP contribution in [0.4, 0.5) is 21.5 Å². The summed E-state index contributed by atoms with van der Waals surface area (Å²) in [4.78, 5) is 40.5. The molecule has 0 aromatic heterocycles. The number of carbonyl (C=O) groups is 3. The Morgan fingerprint density at radius 1 is 1.21 bits per heavy atom. The molecule has 2 aromatic carbocycles. The zero-order valence-electron chi connectivity index (χ0n) is 16.2. The van der Waals surface area contributed by atoms with Gasteiger partial charge in [-0.1, -0.05) is 19.1 Å². The molecule has 1 saturated heterocycles. The maximum Gasteiger partial charge on any atom is 0.229 e. The number of fused-ring (bicyclic) bond motifs is 1. The van der Waals surface area contributed by atoms with Gasteiger partial charge in [0, 0.05) is 37.3 Å². The number of hydrogen-bond donors (Lipinski definition) is 1. The van der Waals surface area contributed by atoms with Crippen molar-refractivity contribution < 1.29 is 18.8 Å². The zero-order chi connectivity index (χ0) is 20.5. The van der Waals surface area contributed by atoms with Crippen molar-refractivity contribution in [3.8, 4) is 0 Å². The second-order valence-electron chi connectivity index (χ2n) is 7.34. The summed E-state index contributed by atoms with van der Waals surface area (Å²) in [6, 6.07) is 11.6. The van der Waals surface area contributed by atoms with Gasteiger partial charge in [0.25, 0.3) is 0 Å². The van der Waals surface area contributed by atoms with Gasteiger partial charge in [-0.3, -0.25) is 14.4 Å². The molecule has 1 atom stereocenters. The Morgan fingerprint density at radius 3 is 2.76 bits per heavy atom. The topological polar surface area (TPSA) is 69.7 Å². The first kappa shape index (κ1) is 19.1. The van der Waals surface area contributed by atoms with Gasteiger partial charge in [0.2, 0.25) is 17.7 Å². The van der Waals surface area contributed by atoms with E-state index >= 15 is 0 Å². The first-order chi connectivity index (χ1) is 14.0. The predicted octanol–water partition coefficient (Wildman–Crippen LogP) is 3.12. The lowest BCUT2D eigenvalue weighted by molar-refractivity contribution is -0.122. The SMILES string of the molecule is CCC(=O)N1CCc2cc(N3CC(C(=O)Nc4ccccc4F)CC3=O)ccc21. The fourth-order valence-electron chi connectivity index (χ4n) is 3.94. The molecule has 0 radical (unpaired) electrons. The van der Waals surface area contributed by atoms with Crippen molar-refractivity contribution >= 4 is 34.8 Å². The van der Waals surface area contributed by atoms with Crippen LogP contribution in [0.3, 0.4) is 0 Å². The number of nitrogens with zero attached hydrogens (tertiary/aromatic N) is 2. The number of amides is 3. The molecule has 1 fully saturated rings. The van der Waals surface area contributed by atoms with Crippen LogP contribution in [0.5, 0.6) is 0 Å². The highest BCUT2D eigenvalue weighted by Gasteiger charge is 2.36. The van der Waals surface area contributed by atoms with Crippen LogP contribution in [-0.2, 0) is 20.8 Å². The van der Waals surface area contributed by atoms with Crippen molar-refractivity contribution in [1.29, 1.82) is 0 Å². The normalized spacial score (nSPS) is 18.1. The van der Waals surface area contributed by atoms with Crippen LogP contribution in [0.1, 0.15) is 25.3 Å². The first-order valence-corrected chi connectivity index (χ1v) is 9.77. The first-order valence-electron chi connectivity index (χ1n) is 9.77. The van der Waals surface area contributed by atoms with Crippen LogP contribution in [0.15, 0.2) is 42.5 Å². The maximum absolute atomic E-state index is 13.8. The van der Waals surface area contributed by atoms with E-state index < -0.39 is 11.7 Å². The number of anilines is 3. The van der Waals surface area contributed by atoms with Crippen LogP contribution in [-0.4, -0.2) is 30.8 Å². The van der Waals surface area contributed by atoms with Crippen LogP contribution >= 0.6 is 0 Å². The van der Waals surface area contributed by atoms with Gasteiger partial charge in [-0.25, -0.2) is 4.39 Å². The van der Waals surface area contributed by atoms with Gasteiger partial charge >= 0.3 is 0 Å². The van der Waals surface area contributed by atoms with Gasteiger partial charge in [0.1, 0.15) is 5.82 Å². The number of hydrogen-bond acceptors (Lipinski definition) is 3. The molecule has 1 unspecified atom stereocenters. The molecule has 4 rings (SSSR count). The molecule has 1 N–H and O–H groups in total. The highest BCUT2D eigenvalue weighted by atomic mass is 19.1. The molecule has 0 bridgehead atoms. The second kappa shape index (κ2) is 7.66. The third kappa shape index (κ3) is 3.60. The predicted molar refractivity (Wildman–Crippen MR) is 108 cm³/mol. The molecule has 2 heterocycles. The fraction of sp³-hybridized carbons (Fsp3) is 0.318. The monoisotopic (exact) mass is 395 g/mol. The Morgan fingerprint density at radius 2 is 2.00 bits per heavy atom. The lowest BCUT2D eigenvalue weighted by Crippen LogP contribution is -2.28. The summed E-state index contributed by atoms with van der Waals surface area (Å²) in [5, 5.41) is 2.57.